The Bertz CT molecular complexity index is 573. The lowest BCUT2D eigenvalue weighted by molar-refractivity contribution is 0.280. The van der Waals surface area contributed by atoms with Gasteiger partial charge in [-0.2, -0.15) is 0 Å². The maximum atomic E-state index is 13.4. The van der Waals surface area contributed by atoms with E-state index in [0.29, 0.717) is 10.0 Å². The van der Waals surface area contributed by atoms with Gasteiger partial charge >= 0.3 is 0 Å². The molecule has 0 fully saturated rings. The zero-order valence-corrected chi connectivity index (χ0v) is 10.7. The first kappa shape index (κ1) is 13.0. The van der Waals surface area contributed by atoms with Gasteiger partial charge in [0.15, 0.2) is 11.6 Å². The summed E-state index contributed by atoms with van der Waals surface area (Å²) in [5.74, 6) is -0.977. The molecule has 0 atom stereocenters. The van der Waals surface area contributed by atoms with Crippen molar-refractivity contribution in [2.24, 2.45) is 0 Å². The van der Waals surface area contributed by atoms with Crippen molar-refractivity contribution in [2.75, 3.05) is 0 Å². The highest BCUT2D eigenvalue weighted by Gasteiger charge is 2.07. The third-order valence-corrected chi connectivity index (χ3v) is 2.73. The first-order valence-corrected chi connectivity index (χ1v) is 5.91. The molecule has 2 nitrogen and oxygen atoms in total. The van der Waals surface area contributed by atoms with E-state index in [0.717, 1.165) is 6.07 Å². The number of halogens is 3. The van der Waals surface area contributed by atoms with Gasteiger partial charge in [0, 0.05) is 10.5 Å². The predicted octanol–water partition coefficient (Wildman–Crippen LogP) is 4.01. The van der Waals surface area contributed by atoms with Gasteiger partial charge in [0.2, 0.25) is 0 Å². The van der Waals surface area contributed by atoms with Gasteiger partial charge in [-0.1, -0.05) is 15.9 Å². The van der Waals surface area contributed by atoms with Gasteiger partial charge in [0.1, 0.15) is 11.6 Å². The Kier molecular flexibility index (Phi) is 3.93. The normalized spacial score (nSPS) is 10.4. The molecule has 2 rings (SSSR count). The van der Waals surface area contributed by atoms with Crippen molar-refractivity contribution in [3.05, 3.63) is 58.1 Å². The zero-order chi connectivity index (χ0) is 13.1. The van der Waals surface area contributed by atoms with Crippen LogP contribution in [0.15, 0.2) is 40.9 Å². The second-order valence-corrected chi connectivity index (χ2v) is 4.55. The van der Waals surface area contributed by atoms with Crippen LogP contribution in [0.3, 0.4) is 0 Å². The average molecular weight is 315 g/mol. The molecule has 0 unspecified atom stereocenters. The summed E-state index contributed by atoms with van der Waals surface area (Å²) in [6.07, 6.45) is 0. The van der Waals surface area contributed by atoms with Crippen LogP contribution in [-0.2, 0) is 6.61 Å². The Hall–Kier alpha value is -1.46. The van der Waals surface area contributed by atoms with Crippen LogP contribution in [0.1, 0.15) is 5.56 Å². The van der Waals surface area contributed by atoms with Crippen molar-refractivity contribution < 1.29 is 18.6 Å². The van der Waals surface area contributed by atoms with Crippen molar-refractivity contribution in [2.45, 2.75) is 6.61 Å². The van der Waals surface area contributed by atoms with Crippen molar-refractivity contribution >= 4 is 15.9 Å². The van der Waals surface area contributed by atoms with Gasteiger partial charge in [-0.15, -0.1) is 0 Å². The molecule has 5 heteroatoms. The first-order valence-electron chi connectivity index (χ1n) is 5.12. The molecule has 0 saturated heterocycles. The smallest absolute Gasteiger partial charge is 0.165 e. The number of hydrogen-bond acceptors (Lipinski definition) is 2. The molecule has 18 heavy (non-hydrogen) atoms. The fourth-order valence-electron chi connectivity index (χ4n) is 1.45. The zero-order valence-electron chi connectivity index (χ0n) is 9.16. The first-order chi connectivity index (χ1) is 8.58. The third-order valence-electron chi connectivity index (χ3n) is 2.23. The highest BCUT2D eigenvalue weighted by Crippen LogP contribution is 2.28. The molecule has 0 aliphatic heterocycles. The monoisotopic (exact) mass is 314 g/mol. The predicted molar refractivity (Wildman–Crippen MR) is 66.5 cm³/mol. The van der Waals surface area contributed by atoms with Crippen molar-refractivity contribution in [1.82, 2.24) is 0 Å². The molecule has 94 valence electrons. The van der Waals surface area contributed by atoms with Crippen molar-refractivity contribution in [1.29, 1.82) is 0 Å². The fourth-order valence-corrected chi connectivity index (χ4v) is 1.79. The van der Waals surface area contributed by atoms with Crippen LogP contribution in [0.5, 0.6) is 11.5 Å². The minimum Gasteiger partial charge on any atom is -0.454 e. The van der Waals surface area contributed by atoms with E-state index in [1.165, 1.54) is 30.3 Å². The molecule has 2 aromatic carbocycles. The highest BCUT2D eigenvalue weighted by molar-refractivity contribution is 9.10. The standard InChI is InChI=1S/C13H9BrF2O2/c14-9-1-2-12(16)13(5-9)18-11-4-8(7-17)3-10(15)6-11/h1-6,17H,7H2. The van der Waals surface area contributed by atoms with E-state index >= 15 is 0 Å². The summed E-state index contributed by atoms with van der Waals surface area (Å²) in [6.45, 7) is -0.310. The summed E-state index contributed by atoms with van der Waals surface area (Å²) in [6, 6.07) is 7.98. The Morgan fingerprint density at radius 1 is 1.11 bits per heavy atom. The molecule has 0 aliphatic rings. The molecular weight excluding hydrogens is 306 g/mol. The van der Waals surface area contributed by atoms with E-state index in [-0.39, 0.29) is 18.1 Å². The van der Waals surface area contributed by atoms with E-state index in [1.54, 1.807) is 0 Å². The van der Waals surface area contributed by atoms with Crippen molar-refractivity contribution in [3.63, 3.8) is 0 Å². The Balaban J connectivity index is 2.33. The summed E-state index contributed by atoms with van der Waals surface area (Å²) >= 11 is 3.19. The minimum atomic E-state index is -0.549. The van der Waals surface area contributed by atoms with E-state index in [9.17, 15) is 8.78 Å². The molecule has 0 bridgehead atoms. The van der Waals surface area contributed by atoms with Gasteiger partial charge in [-0.25, -0.2) is 8.78 Å². The maximum Gasteiger partial charge on any atom is 0.165 e. The lowest BCUT2D eigenvalue weighted by Gasteiger charge is -2.08. The molecule has 0 spiro atoms. The molecule has 0 saturated carbocycles. The van der Waals surface area contributed by atoms with Crippen LogP contribution in [0.2, 0.25) is 0 Å². The number of rotatable bonds is 3. The van der Waals surface area contributed by atoms with Crippen molar-refractivity contribution in [3.8, 4) is 11.5 Å². The molecule has 0 aliphatic carbocycles. The van der Waals surface area contributed by atoms with Crippen LogP contribution >= 0.6 is 15.9 Å². The largest absolute Gasteiger partial charge is 0.454 e. The molecule has 0 aromatic heterocycles. The minimum absolute atomic E-state index is 0.0149. The number of ether oxygens (including phenoxy) is 1. The topological polar surface area (TPSA) is 29.5 Å². The molecule has 0 radical (unpaired) electrons. The maximum absolute atomic E-state index is 13.4. The SMILES string of the molecule is OCc1cc(F)cc(Oc2cc(Br)ccc2F)c1. The highest BCUT2D eigenvalue weighted by atomic mass is 79.9. The van der Waals surface area contributed by atoms with Crippen LogP contribution in [-0.4, -0.2) is 5.11 Å². The molecule has 0 amide bonds. The van der Waals surface area contributed by atoms with Gasteiger partial charge in [-0.3, -0.25) is 0 Å². The van der Waals surface area contributed by atoms with Gasteiger partial charge in [0.25, 0.3) is 0 Å². The molecule has 1 N–H and O–H groups in total. The Morgan fingerprint density at radius 2 is 1.89 bits per heavy atom. The number of aliphatic hydroxyl groups is 1. The molecular formula is C13H9BrF2O2. The third kappa shape index (κ3) is 3.05. The summed E-state index contributed by atoms with van der Waals surface area (Å²) < 4.78 is 32.6. The number of benzene rings is 2. The summed E-state index contributed by atoms with van der Waals surface area (Å²) in [5, 5.41) is 8.95. The van der Waals surface area contributed by atoms with Crippen LogP contribution in [0.25, 0.3) is 0 Å². The van der Waals surface area contributed by atoms with Gasteiger partial charge < -0.3 is 9.84 Å². The number of hydrogen-bond donors (Lipinski definition) is 1. The summed E-state index contributed by atoms with van der Waals surface area (Å²) in [7, 11) is 0. The van der Waals surface area contributed by atoms with E-state index < -0.39 is 11.6 Å². The average Bonchev–Trinajstić information content (AvgIpc) is 2.33. The summed E-state index contributed by atoms with van der Waals surface area (Å²) in [4.78, 5) is 0. The second kappa shape index (κ2) is 5.46. The number of aliphatic hydroxyl groups excluding tert-OH is 1. The van der Waals surface area contributed by atoms with E-state index in [1.807, 2.05) is 0 Å². The van der Waals surface area contributed by atoms with Gasteiger partial charge in [-0.05, 0) is 35.9 Å². The Labute approximate surface area is 111 Å². The van der Waals surface area contributed by atoms with E-state index in [2.05, 4.69) is 15.9 Å². The van der Waals surface area contributed by atoms with Gasteiger partial charge in [0.05, 0.1) is 6.61 Å². The van der Waals surface area contributed by atoms with Crippen LogP contribution in [0, 0.1) is 11.6 Å². The van der Waals surface area contributed by atoms with Crippen LogP contribution in [0.4, 0.5) is 8.78 Å². The molecule has 2 aromatic rings. The molecule has 0 heterocycles. The van der Waals surface area contributed by atoms with E-state index in [4.69, 9.17) is 9.84 Å². The Morgan fingerprint density at radius 3 is 2.61 bits per heavy atom. The quantitative estimate of drug-likeness (QED) is 0.927. The lowest BCUT2D eigenvalue weighted by Crippen LogP contribution is -1.92. The van der Waals surface area contributed by atoms with Crippen LogP contribution < -0.4 is 4.74 Å². The second-order valence-electron chi connectivity index (χ2n) is 3.63. The fraction of sp³-hybridized carbons (Fsp3) is 0.0769. The lowest BCUT2D eigenvalue weighted by atomic mass is 10.2. The summed E-state index contributed by atoms with van der Waals surface area (Å²) in [5.41, 5.74) is 0.361.